The minimum Gasteiger partial charge on any atom is -0.465 e. The molecule has 0 aromatic carbocycles. The molecular formula is C16H28N2O3. The number of nitrogens with zero attached hydrogens (tertiary/aromatic N) is 1. The quantitative estimate of drug-likeness (QED) is 0.746. The van der Waals surface area contributed by atoms with E-state index in [-0.39, 0.29) is 5.97 Å². The van der Waals surface area contributed by atoms with Crippen LogP contribution in [0.5, 0.6) is 0 Å². The van der Waals surface area contributed by atoms with Crippen LogP contribution >= 0.6 is 0 Å². The molecule has 3 fully saturated rings. The van der Waals surface area contributed by atoms with Gasteiger partial charge in [0.2, 0.25) is 0 Å². The summed E-state index contributed by atoms with van der Waals surface area (Å²) in [6.45, 7) is 4.81. The van der Waals surface area contributed by atoms with Gasteiger partial charge in [-0.05, 0) is 52.0 Å². The third kappa shape index (κ3) is 2.83. The molecule has 0 spiro atoms. The number of likely N-dealkylation sites (N-methyl/N-ethyl adjacent to an activating group) is 1. The van der Waals surface area contributed by atoms with Gasteiger partial charge in [-0.15, -0.1) is 0 Å². The van der Waals surface area contributed by atoms with Crippen molar-refractivity contribution in [2.24, 2.45) is 5.92 Å². The van der Waals surface area contributed by atoms with Crippen LogP contribution in [-0.4, -0.2) is 61.9 Å². The highest BCUT2D eigenvalue weighted by atomic mass is 16.5. The third-order valence-corrected chi connectivity index (χ3v) is 5.41. The Hall–Kier alpha value is -0.650. The van der Waals surface area contributed by atoms with Crippen LogP contribution in [0, 0.1) is 5.92 Å². The topological polar surface area (TPSA) is 50.8 Å². The molecule has 0 aromatic rings. The highest BCUT2D eigenvalue weighted by Crippen LogP contribution is 2.42. The van der Waals surface area contributed by atoms with Crippen LogP contribution in [0.25, 0.3) is 0 Å². The summed E-state index contributed by atoms with van der Waals surface area (Å²) >= 11 is 0. The standard InChI is InChI=1S/C16H28N2O3/c1-3-20-15(19)16(17-2,12-7-8-12)11-18-9-10-21-14-6-4-5-13(14)18/h12-14,17H,3-11H2,1-2H3. The van der Waals surface area contributed by atoms with Gasteiger partial charge in [-0.2, -0.15) is 0 Å². The largest absolute Gasteiger partial charge is 0.465 e. The van der Waals surface area contributed by atoms with Crippen molar-refractivity contribution in [2.75, 3.05) is 33.4 Å². The number of fused-ring (bicyclic) bond motifs is 1. The van der Waals surface area contributed by atoms with Crippen LogP contribution in [0.15, 0.2) is 0 Å². The first-order valence-corrected chi connectivity index (χ1v) is 8.43. The second-order valence-electron chi connectivity index (χ2n) is 6.59. The number of esters is 1. The number of nitrogens with one attached hydrogen (secondary N) is 1. The van der Waals surface area contributed by atoms with Gasteiger partial charge in [0, 0.05) is 19.1 Å². The number of ether oxygens (including phenoxy) is 2. The van der Waals surface area contributed by atoms with E-state index in [9.17, 15) is 4.79 Å². The predicted molar refractivity (Wildman–Crippen MR) is 80.1 cm³/mol. The Kier molecular flexibility index (Phi) is 4.52. The lowest BCUT2D eigenvalue weighted by Gasteiger charge is -2.43. The van der Waals surface area contributed by atoms with Gasteiger partial charge >= 0.3 is 5.97 Å². The van der Waals surface area contributed by atoms with Crippen molar-refractivity contribution in [3.05, 3.63) is 0 Å². The number of rotatable bonds is 6. The van der Waals surface area contributed by atoms with E-state index in [0.717, 1.165) is 39.0 Å². The lowest BCUT2D eigenvalue weighted by Crippen LogP contribution is -2.63. The molecule has 120 valence electrons. The summed E-state index contributed by atoms with van der Waals surface area (Å²) in [4.78, 5) is 15.1. The van der Waals surface area contributed by atoms with Gasteiger partial charge in [0.25, 0.3) is 0 Å². The zero-order chi connectivity index (χ0) is 14.9. The van der Waals surface area contributed by atoms with Gasteiger partial charge in [0.1, 0.15) is 5.54 Å². The molecule has 0 radical (unpaired) electrons. The first-order valence-electron chi connectivity index (χ1n) is 8.43. The normalized spacial score (nSPS) is 32.5. The second-order valence-corrected chi connectivity index (χ2v) is 6.59. The van der Waals surface area contributed by atoms with Gasteiger partial charge < -0.3 is 14.8 Å². The molecule has 5 heteroatoms. The minimum atomic E-state index is -0.527. The van der Waals surface area contributed by atoms with Gasteiger partial charge in [0.05, 0.1) is 19.3 Å². The van der Waals surface area contributed by atoms with Crippen molar-refractivity contribution >= 4 is 5.97 Å². The second kappa shape index (κ2) is 6.23. The maximum atomic E-state index is 12.6. The molecule has 21 heavy (non-hydrogen) atoms. The molecule has 1 N–H and O–H groups in total. The summed E-state index contributed by atoms with van der Waals surface area (Å²) < 4.78 is 11.3. The summed E-state index contributed by atoms with van der Waals surface area (Å²) in [5.74, 6) is 0.347. The molecule has 0 bridgehead atoms. The van der Waals surface area contributed by atoms with Crippen LogP contribution in [0.4, 0.5) is 0 Å². The Morgan fingerprint density at radius 1 is 1.38 bits per heavy atom. The van der Waals surface area contributed by atoms with Crippen LogP contribution in [-0.2, 0) is 14.3 Å². The molecule has 3 atom stereocenters. The van der Waals surface area contributed by atoms with Crippen LogP contribution < -0.4 is 5.32 Å². The van der Waals surface area contributed by atoms with Crippen LogP contribution in [0.1, 0.15) is 39.0 Å². The maximum Gasteiger partial charge on any atom is 0.327 e. The highest BCUT2D eigenvalue weighted by Gasteiger charge is 2.53. The van der Waals surface area contributed by atoms with E-state index in [1.165, 1.54) is 12.8 Å². The Morgan fingerprint density at radius 3 is 2.86 bits per heavy atom. The monoisotopic (exact) mass is 296 g/mol. The van der Waals surface area contributed by atoms with E-state index in [1.807, 2.05) is 14.0 Å². The summed E-state index contributed by atoms with van der Waals surface area (Å²) in [5, 5.41) is 3.33. The fourth-order valence-corrected chi connectivity index (χ4v) is 4.10. The van der Waals surface area contributed by atoms with Crippen LogP contribution in [0.2, 0.25) is 0 Å². The molecule has 1 saturated heterocycles. The number of hydrogen-bond acceptors (Lipinski definition) is 5. The summed E-state index contributed by atoms with van der Waals surface area (Å²) in [5.41, 5.74) is -0.527. The van der Waals surface area contributed by atoms with Crippen molar-refractivity contribution in [1.82, 2.24) is 10.2 Å². The zero-order valence-electron chi connectivity index (χ0n) is 13.3. The molecule has 3 rings (SSSR count). The smallest absolute Gasteiger partial charge is 0.327 e. The molecule has 2 aliphatic carbocycles. The van der Waals surface area contributed by atoms with Gasteiger partial charge in [-0.25, -0.2) is 4.79 Å². The molecule has 3 unspecified atom stereocenters. The van der Waals surface area contributed by atoms with Crippen molar-refractivity contribution in [2.45, 2.75) is 56.7 Å². The lowest BCUT2D eigenvalue weighted by atomic mass is 9.91. The molecule has 0 amide bonds. The molecular weight excluding hydrogens is 268 g/mol. The SMILES string of the molecule is CCOC(=O)C(CN1CCOC2CCCC21)(NC)C1CC1. The summed E-state index contributed by atoms with van der Waals surface area (Å²) in [7, 11) is 1.90. The first-order chi connectivity index (χ1) is 10.2. The highest BCUT2D eigenvalue weighted by molar-refractivity contribution is 5.82. The Bertz CT molecular complexity index is 386. The van der Waals surface area contributed by atoms with E-state index in [2.05, 4.69) is 10.2 Å². The van der Waals surface area contributed by atoms with E-state index >= 15 is 0 Å². The van der Waals surface area contributed by atoms with E-state index in [4.69, 9.17) is 9.47 Å². The van der Waals surface area contributed by atoms with Crippen LogP contribution in [0.3, 0.4) is 0 Å². The van der Waals surface area contributed by atoms with E-state index in [0.29, 0.717) is 24.7 Å². The van der Waals surface area contributed by atoms with Crippen molar-refractivity contribution < 1.29 is 14.3 Å². The van der Waals surface area contributed by atoms with Gasteiger partial charge in [-0.3, -0.25) is 4.90 Å². The average molecular weight is 296 g/mol. The summed E-state index contributed by atoms with van der Waals surface area (Å²) in [6.07, 6.45) is 6.21. The van der Waals surface area contributed by atoms with Crippen molar-refractivity contribution in [3.63, 3.8) is 0 Å². The number of carbonyl (C=O) groups is 1. The number of morpholine rings is 1. The van der Waals surface area contributed by atoms with E-state index in [1.54, 1.807) is 0 Å². The molecule has 2 saturated carbocycles. The molecule has 3 aliphatic rings. The maximum absolute atomic E-state index is 12.6. The van der Waals surface area contributed by atoms with Gasteiger partial charge in [0.15, 0.2) is 0 Å². The average Bonchev–Trinajstić information content (AvgIpc) is 3.22. The fourth-order valence-electron chi connectivity index (χ4n) is 4.10. The zero-order valence-corrected chi connectivity index (χ0v) is 13.3. The minimum absolute atomic E-state index is 0.0731. The van der Waals surface area contributed by atoms with Crippen molar-refractivity contribution in [1.29, 1.82) is 0 Å². The molecule has 1 heterocycles. The molecule has 1 aliphatic heterocycles. The summed E-state index contributed by atoms with van der Waals surface area (Å²) in [6, 6.07) is 0.486. The molecule has 5 nitrogen and oxygen atoms in total. The number of carbonyl (C=O) groups excluding carboxylic acids is 1. The Morgan fingerprint density at radius 2 is 2.19 bits per heavy atom. The Balaban J connectivity index is 1.75. The van der Waals surface area contributed by atoms with Gasteiger partial charge in [-0.1, -0.05) is 0 Å². The molecule has 0 aromatic heterocycles. The van der Waals surface area contributed by atoms with Crippen molar-refractivity contribution in [3.8, 4) is 0 Å². The van der Waals surface area contributed by atoms with E-state index < -0.39 is 5.54 Å². The third-order valence-electron chi connectivity index (χ3n) is 5.41. The number of hydrogen-bond donors (Lipinski definition) is 1. The fraction of sp³-hybridized carbons (Fsp3) is 0.938. The lowest BCUT2D eigenvalue weighted by molar-refractivity contribution is -0.155. The Labute approximate surface area is 127 Å². The predicted octanol–water partition coefficient (Wildman–Crippen LogP) is 1.17. The first kappa shape index (κ1) is 15.3.